The summed E-state index contributed by atoms with van der Waals surface area (Å²) in [6.45, 7) is 0.952. The fourth-order valence-electron chi connectivity index (χ4n) is 3.79. The van der Waals surface area contributed by atoms with E-state index in [1.807, 2.05) is 78.9 Å². The van der Waals surface area contributed by atoms with E-state index < -0.39 is 0 Å². The largest absolute Gasteiger partial charge is 0.437 e. The lowest BCUT2D eigenvalue weighted by atomic mass is 9.99. The molecule has 6 nitrogen and oxygen atoms in total. The second-order valence-electron chi connectivity index (χ2n) is 7.49. The van der Waals surface area contributed by atoms with Crippen LogP contribution in [0.2, 0.25) is 0 Å². The van der Waals surface area contributed by atoms with Crippen LogP contribution in [0, 0.1) is 0 Å². The van der Waals surface area contributed by atoms with Crippen LogP contribution in [-0.4, -0.2) is 29.0 Å². The summed E-state index contributed by atoms with van der Waals surface area (Å²) in [5, 5.41) is 7.09. The molecule has 1 amide bonds. The molecule has 0 fully saturated rings. The van der Waals surface area contributed by atoms with E-state index in [-0.39, 0.29) is 5.91 Å². The Morgan fingerprint density at radius 1 is 0.758 bits per heavy atom. The van der Waals surface area contributed by atoms with Gasteiger partial charge in [0.05, 0.1) is 5.39 Å². The number of amides is 1. The molecule has 0 bridgehead atoms. The molecule has 0 unspecified atom stereocenters. The molecule has 0 radical (unpaired) electrons. The van der Waals surface area contributed by atoms with E-state index in [2.05, 4.69) is 20.6 Å². The lowest BCUT2D eigenvalue weighted by Gasteiger charge is -2.09. The third kappa shape index (κ3) is 4.32. The third-order valence-corrected chi connectivity index (χ3v) is 5.33. The maximum atomic E-state index is 12.3. The molecule has 0 aliphatic heterocycles. The summed E-state index contributed by atoms with van der Waals surface area (Å²) in [6, 6.07) is 29.2. The van der Waals surface area contributed by atoms with Crippen molar-refractivity contribution in [3.8, 4) is 22.5 Å². The van der Waals surface area contributed by atoms with E-state index in [0.717, 1.165) is 27.8 Å². The summed E-state index contributed by atoms with van der Waals surface area (Å²) in [5.41, 5.74) is 4.07. The zero-order valence-electron chi connectivity index (χ0n) is 17.9. The topological polar surface area (TPSA) is 80.0 Å². The fourth-order valence-corrected chi connectivity index (χ4v) is 3.79. The highest BCUT2D eigenvalue weighted by atomic mass is 16.3. The standard InChI is InChI=1S/C27H22N4O2/c32-26(21-14-8-3-9-15-21)29-17-16-28-25-23-22(19-10-4-1-5-11-19)24(20-12-6-2-7-13-20)33-27(23)31-18-30-25/h1-15,18H,16-17H2,(H,29,32)(H,28,30,31). The molecular formula is C27H22N4O2. The Morgan fingerprint density at radius 2 is 1.39 bits per heavy atom. The second-order valence-corrected chi connectivity index (χ2v) is 7.49. The molecule has 6 heteroatoms. The normalized spacial score (nSPS) is 10.8. The summed E-state index contributed by atoms with van der Waals surface area (Å²) in [5.74, 6) is 1.31. The Morgan fingerprint density at radius 3 is 2.09 bits per heavy atom. The van der Waals surface area contributed by atoms with Crippen LogP contribution in [0.3, 0.4) is 0 Å². The number of rotatable bonds is 7. The minimum Gasteiger partial charge on any atom is -0.437 e. The van der Waals surface area contributed by atoms with E-state index in [9.17, 15) is 4.79 Å². The van der Waals surface area contributed by atoms with Crippen LogP contribution in [0.1, 0.15) is 10.4 Å². The van der Waals surface area contributed by atoms with E-state index in [1.54, 1.807) is 12.1 Å². The number of nitrogens with zero attached hydrogens (tertiary/aromatic N) is 2. The Bertz CT molecular complexity index is 1370. The van der Waals surface area contributed by atoms with Crippen LogP contribution < -0.4 is 10.6 Å². The van der Waals surface area contributed by atoms with Crippen molar-refractivity contribution in [3.05, 3.63) is 103 Å². The van der Waals surface area contributed by atoms with Crippen molar-refractivity contribution in [1.29, 1.82) is 0 Å². The zero-order valence-corrected chi connectivity index (χ0v) is 17.9. The van der Waals surface area contributed by atoms with Gasteiger partial charge in [-0.15, -0.1) is 0 Å². The van der Waals surface area contributed by atoms with Gasteiger partial charge in [0, 0.05) is 29.8 Å². The van der Waals surface area contributed by atoms with Gasteiger partial charge in [0.2, 0.25) is 5.71 Å². The highest BCUT2D eigenvalue weighted by Crippen LogP contribution is 2.42. The van der Waals surface area contributed by atoms with Crippen LogP contribution in [0.5, 0.6) is 0 Å². The SMILES string of the molecule is O=C(NCCNc1ncnc2oc(-c3ccccc3)c(-c3ccccc3)c12)c1ccccc1. The number of benzene rings is 3. The molecule has 5 rings (SSSR count). The van der Waals surface area contributed by atoms with Crippen molar-refractivity contribution in [2.75, 3.05) is 18.4 Å². The molecule has 0 saturated carbocycles. The van der Waals surface area contributed by atoms with E-state index in [1.165, 1.54) is 6.33 Å². The first-order valence-corrected chi connectivity index (χ1v) is 10.8. The maximum Gasteiger partial charge on any atom is 0.251 e. The molecule has 0 aliphatic carbocycles. The molecule has 0 aliphatic rings. The molecule has 162 valence electrons. The average Bonchev–Trinajstić information content (AvgIpc) is 3.28. The average molecular weight is 434 g/mol. The first-order chi connectivity index (χ1) is 16.3. The fraction of sp³-hybridized carbons (Fsp3) is 0.0741. The number of carbonyl (C=O) groups excluding carboxylic acids is 1. The lowest BCUT2D eigenvalue weighted by Crippen LogP contribution is -2.28. The monoisotopic (exact) mass is 434 g/mol. The number of fused-ring (bicyclic) bond motifs is 1. The van der Waals surface area contributed by atoms with E-state index >= 15 is 0 Å². The molecule has 33 heavy (non-hydrogen) atoms. The molecule has 2 aromatic heterocycles. The smallest absolute Gasteiger partial charge is 0.251 e. The quantitative estimate of drug-likeness (QED) is 0.335. The molecule has 2 heterocycles. The number of aromatic nitrogens is 2. The van der Waals surface area contributed by atoms with Crippen molar-refractivity contribution in [3.63, 3.8) is 0 Å². The maximum absolute atomic E-state index is 12.3. The lowest BCUT2D eigenvalue weighted by molar-refractivity contribution is 0.0955. The van der Waals surface area contributed by atoms with E-state index in [4.69, 9.17) is 4.42 Å². The number of hydrogen-bond donors (Lipinski definition) is 2. The first kappa shape index (κ1) is 20.5. The summed E-state index contributed by atoms with van der Waals surface area (Å²) >= 11 is 0. The molecular weight excluding hydrogens is 412 g/mol. The minimum atomic E-state index is -0.107. The number of carbonyl (C=O) groups is 1. The number of nitrogens with one attached hydrogen (secondary N) is 2. The van der Waals surface area contributed by atoms with Gasteiger partial charge in [-0.2, -0.15) is 0 Å². The van der Waals surface area contributed by atoms with Gasteiger partial charge in [-0.3, -0.25) is 4.79 Å². The highest BCUT2D eigenvalue weighted by molar-refractivity contribution is 6.05. The van der Waals surface area contributed by atoms with Gasteiger partial charge in [0.1, 0.15) is 17.9 Å². The Labute approximate surface area is 191 Å². The molecule has 3 aromatic carbocycles. The molecule has 0 spiro atoms. The van der Waals surface area contributed by atoms with Gasteiger partial charge >= 0.3 is 0 Å². The predicted octanol–water partition coefficient (Wildman–Crippen LogP) is 5.40. The van der Waals surface area contributed by atoms with Crippen LogP contribution in [0.4, 0.5) is 5.82 Å². The Kier molecular flexibility index (Phi) is 5.80. The van der Waals surface area contributed by atoms with Crippen LogP contribution >= 0.6 is 0 Å². The highest BCUT2D eigenvalue weighted by Gasteiger charge is 2.21. The summed E-state index contributed by atoms with van der Waals surface area (Å²) in [7, 11) is 0. The van der Waals surface area contributed by atoms with Gasteiger partial charge in [0.25, 0.3) is 5.91 Å². The summed E-state index contributed by atoms with van der Waals surface area (Å²) < 4.78 is 6.22. The molecule has 2 N–H and O–H groups in total. The Hall–Kier alpha value is -4.45. The van der Waals surface area contributed by atoms with Crippen LogP contribution in [0.25, 0.3) is 33.6 Å². The number of furan rings is 1. The Balaban J connectivity index is 1.45. The van der Waals surface area contributed by atoms with Crippen molar-refractivity contribution >= 4 is 22.8 Å². The number of anilines is 1. The van der Waals surface area contributed by atoms with Crippen LogP contribution in [0.15, 0.2) is 102 Å². The molecule has 0 atom stereocenters. The first-order valence-electron chi connectivity index (χ1n) is 10.8. The predicted molar refractivity (Wildman–Crippen MR) is 130 cm³/mol. The third-order valence-electron chi connectivity index (χ3n) is 5.33. The van der Waals surface area contributed by atoms with Crippen LogP contribution in [-0.2, 0) is 0 Å². The number of hydrogen-bond acceptors (Lipinski definition) is 5. The van der Waals surface area contributed by atoms with Gasteiger partial charge in [-0.05, 0) is 17.7 Å². The van der Waals surface area contributed by atoms with Gasteiger partial charge in [-0.1, -0.05) is 78.9 Å². The van der Waals surface area contributed by atoms with Crippen molar-refractivity contribution in [2.45, 2.75) is 0 Å². The second kappa shape index (κ2) is 9.36. The van der Waals surface area contributed by atoms with Crippen molar-refractivity contribution < 1.29 is 9.21 Å². The van der Waals surface area contributed by atoms with Crippen molar-refractivity contribution in [2.24, 2.45) is 0 Å². The minimum absolute atomic E-state index is 0.107. The van der Waals surface area contributed by atoms with Crippen molar-refractivity contribution in [1.82, 2.24) is 15.3 Å². The zero-order chi connectivity index (χ0) is 22.5. The van der Waals surface area contributed by atoms with Gasteiger partial charge in [-0.25, -0.2) is 9.97 Å². The molecule has 5 aromatic rings. The van der Waals surface area contributed by atoms with E-state index in [0.29, 0.717) is 30.2 Å². The van der Waals surface area contributed by atoms with Gasteiger partial charge in [0.15, 0.2) is 0 Å². The summed E-state index contributed by atoms with van der Waals surface area (Å²) in [6.07, 6.45) is 1.49. The summed E-state index contributed by atoms with van der Waals surface area (Å²) in [4.78, 5) is 21.2. The molecule has 0 saturated heterocycles. The van der Waals surface area contributed by atoms with Gasteiger partial charge < -0.3 is 15.1 Å².